The number of rotatable bonds is 2. The van der Waals surface area contributed by atoms with Crippen molar-refractivity contribution in [3.8, 4) is 0 Å². The van der Waals surface area contributed by atoms with Gasteiger partial charge in [-0.1, -0.05) is 10.3 Å². The third-order valence-electron chi connectivity index (χ3n) is 3.43. The van der Waals surface area contributed by atoms with E-state index in [4.69, 9.17) is 9.05 Å². The maximum Gasteiger partial charge on any atom is 0.293 e. The van der Waals surface area contributed by atoms with Crippen LogP contribution in [0.15, 0.2) is 15.1 Å². The van der Waals surface area contributed by atoms with E-state index in [1.807, 2.05) is 0 Å². The Kier molecular flexibility index (Phi) is 3.25. The van der Waals surface area contributed by atoms with Crippen LogP contribution in [0.1, 0.15) is 53.3 Å². The summed E-state index contributed by atoms with van der Waals surface area (Å²) < 4.78 is 10.3. The summed E-state index contributed by atoms with van der Waals surface area (Å²) in [6.45, 7) is 4.21. The van der Waals surface area contributed by atoms with Crippen molar-refractivity contribution < 1.29 is 13.8 Å². The third kappa shape index (κ3) is 2.31. The van der Waals surface area contributed by atoms with Gasteiger partial charge in [0.25, 0.3) is 5.91 Å². The molecule has 0 spiro atoms. The fourth-order valence-corrected chi connectivity index (χ4v) is 2.49. The Morgan fingerprint density at radius 1 is 1.30 bits per heavy atom. The molecular weight excluding hydrogens is 260 g/mol. The maximum atomic E-state index is 12.5. The van der Waals surface area contributed by atoms with Crippen molar-refractivity contribution in [2.24, 2.45) is 0 Å². The van der Waals surface area contributed by atoms with Gasteiger partial charge >= 0.3 is 0 Å². The highest BCUT2D eigenvalue weighted by molar-refractivity contribution is 5.91. The molecule has 0 aliphatic carbocycles. The van der Waals surface area contributed by atoms with E-state index in [-0.39, 0.29) is 17.7 Å². The molecule has 0 radical (unpaired) electrons. The van der Waals surface area contributed by atoms with Crippen LogP contribution in [0.2, 0.25) is 0 Å². The van der Waals surface area contributed by atoms with Crippen molar-refractivity contribution in [2.45, 2.75) is 39.2 Å². The van der Waals surface area contributed by atoms with Crippen molar-refractivity contribution in [3.05, 3.63) is 29.2 Å². The normalized spacial score (nSPS) is 19.3. The second kappa shape index (κ2) is 5.07. The third-order valence-corrected chi connectivity index (χ3v) is 3.43. The van der Waals surface area contributed by atoms with E-state index >= 15 is 0 Å². The number of carbonyl (C=O) groups is 1. The number of aromatic nitrogens is 3. The monoisotopic (exact) mass is 276 g/mol. The average Bonchev–Trinajstić information content (AvgIpc) is 3.07. The second-order valence-corrected chi connectivity index (χ2v) is 5.02. The molecule has 106 valence electrons. The van der Waals surface area contributed by atoms with Gasteiger partial charge in [0.2, 0.25) is 11.7 Å². The van der Waals surface area contributed by atoms with Crippen molar-refractivity contribution in [3.63, 3.8) is 0 Å². The molecule has 1 saturated heterocycles. The minimum Gasteiger partial charge on any atom is -0.351 e. The van der Waals surface area contributed by atoms with Crippen molar-refractivity contribution in [1.82, 2.24) is 20.2 Å². The lowest BCUT2D eigenvalue weighted by molar-refractivity contribution is 0.0520. The molecule has 3 rings (SSSR count). The first-order valence-corrected chi connectivity index (χ1v) is 6.69. The van der Waals surface area contributed by atoms with E-state index < -0.39 is 0 Å². The molecule has 1 fully saturated rings. The van der Waals surface area contributed by atoms with Gasteiger partial charge in [0, 0.05) is 12.6 Å². The predicted molar refractivity (Wildman–Crippen MR) is 67.9 cm³/mol. The van der Waals surface area contributed by atoms with Gasteiger partial charge in [0.1, 0.15) is 6.04 Å². The molecule has 0 unspecified atom stereocenters. The molecule has 0 saturated carbocycles. The first-order valence-electron chi connectivity index (χ1n) is 6.69. The Bertz CT molecular complexity index is 619. The van der Waals surface area contributed by atoms with Gasteiger partial charge in [0.05, 0.1) is 5.69 Å². The van der Waals surface area contributed by atoms with Gasteiger partial charge in [-0.25, -0.2) is 0 Å². The molecule has 3 heterocycles. The lowest BCUT2D eigenvalue weighted by Gasteiger charge is -2.32. The van der Waals surface area contributed by atoms with E-state index in [2.05, 4.69) is 15.3 Å². The lowest BCUT2D eigenvalue weighted by atomic mass is 10.0. The van der Waals surface area contributed by atoms with Crippen LogP contribution in [-0.4, -0.2) is 32.6 Å². The molecule has 0 aromatic carbocycles. The molecule has 2 aromatic heterocycles. The molecule has 0 bridgehead atoms. The molecule has 1 amide bonds. The number of aryl methyl sites for hydroxylation is 2. The minimum atomic E-state index is -0.178. The summed E-state index contributed by atoms with van der Waals surface area (Å²) in [6.07, 6.45) is 2.81. The number of piperidine rings is 1. The highest BCUT2D eigenvalue weighted by Crippen LogP contribution is 2.31. The van der Waals surface area contributed by atoms with Crippen LogP contribution in [0, 0.1) is 13.8 Å². The van der Waals surface area contributed by atoms with Crippen LogP contribution in [0.4, 0.5) is 0 Å². The quantitative estimate of drug-likeness (QED) is 0.834. The molecular formula is C13H16N4O3. The molecule has 1 atom stereocenters. The standard InChI is InChI=1S/C13H16N4O3/c1-8-7-11(19-15-8)13(18)17-6-4-3-5-10(17)12-14-9(2)16-20-12/h7,10H,3-6H2,1-2H3/t10-/m1/s1. The van der Waals surface area contributed by atoms with Crippen LogP contribution in [0.3, 0.4) is 0 Å². The van der Waals surface area contributed by atoms with Gasteiger partial charge in [0.15, 0.2) is 5.82 Å². The molecule has 1 aliphatic heterocycles. The minimum absolute atomic E-state index is 0.175. The van der Waals surface area contributed by atoms with E-state index in [9.17, 15) is 4.79 Å². The van der Waals surface area contributed by atoms with Crippen LogP contribution in [-0.2, 0) is 0 Å². The van der Waals surface area contributed by atoms with E-state index in [1.165, 1.54) is 0 Å². The van der Waals surface area contributed by atoms with Crippen molar-refractivity contribution in [1.29, 1.82) is 0 Å². The first-order chi connectivity index (χ1) is 9.65. The second-order valence-electron chi connectivity index (χ2n) is 5.02. The average molecular weight is 276 g/mol. The van der Waals surface area contributed by atoms with Gasteiger partial charge < -0.3 is 13.9 Å². The predicted octanol–water partition coefficient (Wildman–Crippen LogP) is 2.04. The molecule has 20 heavy (non-hydrogen) atoms. The van der Waals surface area contributed by atoms with Gasteiger partial charge in [-0.15, -0.1) is 0 Å². The summed E-state index contributed by atoms with van der Waals surface area (Å²) in [7, 11) is 0. The smallest absolute Gasteiger partial charge is 0.293 e. The van der Waals surface area contributed by atoms with Crippen molar-refractivity contribution in [2.75, 3.05) is 6.54 Å². The molecule has 7 nitrogen and oxygen atoms in total. The number of hydrogen-bond donors (Lipinski definition) is 0. The molecule has 0 N–H and O–H groups in total. The van der Waals surface area contributed by atoms with Crippen LogP contribution >= 0.6 is 0 Å². The Balaban J connectivity index is 1.87. The number of likely N-dealkylation sites (tertiary alicyclic amines) is 1. The zero-order valence-electron chi connectivity index (χ0n) is 11.5. The Morgan fingerprint density at radius 3 is 2.80 bits per heavy atom. The molecule has 1 aliphatic rings. The summed E-state index contributed by atoms with van der Waals surface area (Å²) in [5.41, 5.74) is 0.690. The van der Waals surface area contributed by atoms with Crippen molar-refractivity contribution >= 4 is 5.91 Å². The van der Waals surface area contributed by atoms with Crippen LogP contribution < -0.4 is 0 Å². The fraction of sp³-hybridized carbons (Fsp3) is 0.538. The van der Waals surface area contributed by atoms with E-state index in [0.717, 1.165) is 19.3 Å². The lowest BCUT2D eigenvalue weighted by Crippen LogP contribution is -2.38. The Labute approximate surface area is 115 Å². The largest absolute Gasteiger partial charge is 0.351 e. The Hall–Kier alpha value is -2.18. The molecule has 2 aromatic rings. The first kappa shape index (κ1) is 12.8. The zero-order chi connectivity index (χ0) is 14.1. The summed E-state index contributed by atoms with van der Waals surface area (Å²) >= 11 is 0. The number of carbonyl (C=O) groups excluding carboxylic acids is 1. The van der Waals surface area contributed by atoms with Gasteiger partial charge in [-0.2, -0.15) is 4.98 Å². The van der Waals surface area contributed by atoms with Crippen LogP contribution in [0.25, 0.3) is 0 Å². The summed E-state index contributed by atoms with van der Waals surface area (Å²) in [5.74, 6) is 1.15. The van der Waals surface area contributed by atoms with Gasteiger partial charge in [-0.3, -0.25) is 4.79 Å². The fourth-order valence-electron chi connectivity index (χ4n) is 2.49. The summed E-state index contributed by atoms with van der Waals surface area (Å²) in [6, 6.07) is 1.47. The zero-order valence-corrected chi connectivity index (χ0v) is 11.5. The van der Waals surface area contributed by atoms with E-state index in [1.54, 1.807) is 24.8 Å². The number of hydrogen-bond acceptors (Lipinski definition) is 6. The van der Waals surface area contributed by atoms with Gasteiger partial charge in [-0.05, 0) is 33.1 Å². The number of amides is 1. The topological polar surface area (TPSA) is 85.3 Å². The van der Waals surface area contributed by atoms with E-state index in [0.29, 0.717) is 24.0 Å². The maximum absolute atomic E-state index is 12.5. The number of nitrogens with zero attached hydrogens (tertiary/aromatic N) is 4. The Morgan fingerprint density at radius 2 is 2.15 bits per heavy atom. The summed E-state index contributed by atoms with van der Waals surface area (Å²) in [4.78, 5) is 18.5. The highest BCUT2D eigenvalue weighted by atomic mass is 16.5. The SMILES string of the molecule is Cc1cc(C(=O)N2CCCC[C@@H]2c2nc(C)no2)on1. The summed E-state index contributed by atoms with van der Waals surface area (Å²) in [5, 5.41) is 7.56. The highest BCUT2D eigenvalue weighted by Gasteiger charge is 2.33. The molecule has 7 heteroatoms. The van der Waals surface area contributed by atoms with Crippen LogP contribution in [0.5, 0.6) is 0 Å².